The Bertz CT molecular complexity index is 178. The standard InChI is InChI=1S/C10H19NO3/c1-14-7-9(5-10(12)13)8-3-2-4-11-6-8/h8-9,11H,2-7H2,1H3,(H,12,13). The van der Waals surface area contributed by atoms with E-state index in [1.165, 1.54) is 0 Å². The van der Waals surface area contributed by atoms with E-state index in [9.17, 15) is 4.79 Å². The van der Waals surface area contributed by atoms with Crippen LogP contribution < -0.4 is 5.32 Å². The van der Waals surface area contributed by atoms with Crippen LogP contribution in [0.4, 0.5) is 0 Å². The summed E-state index contributed by atoms with van der Waals surface area (Å²) < 4.78 is 5.07. The monoisotopic (exact) mass is 201 g/mol. The van der Waals surface area contributed by atoms with Crippen LogP contribution in [0.1, 0.15) is 19.3 Å². The molecular formula is C10H19NO3. The summed E-state index contributed by atoms with van der Waals surface area (Å²) in [5.41, 5.74) is 0. The molecule has 1 saturated heterocycles. The van der Waals surface area contributed by atoms with Gasteiger partial charge in [-0.15, -0.1) is 0 Å². The van der Waals surface area contributed by atoms with Crippen LogP contribution in [0.25, 0.3) is 0 Å². The average Bonchev–Trinajstić information content (AvgIpc) is 2.18. The Balaban J connectivity index is 2.42. The zero-order valence-corrected chi connectivity index (χ0v) is 8.66. The normalized spacial score (nSPS) is 24.5. The van der Waals surface area contributed by atoms with Crippen LogP contribution in [0, 0.1) is 11.8 Å². The molecule has 0 aromatic carbocycles. The van der Waals surface area contributed by atoms with Crippen molar-refractivity contribution in [1.29, 1.82) is 0 Å². The lowest BCUT2D eigenvalue weighted by Gasteiger charge is -2.29. The van der Waals surface area contributed by atoms with Gasteiger partial charge >= 0.3 is 5.97 Å². The van der Waals surface area contributed by atoms with E-state index in [2.05, 4.69) is 5.32 Å². The molecule has 0 amide bonds. The fraction of sp³-hybridized carbons (Fsp3) is 0.900. The number of ether oxygens (including phenoxy) is 1. The molecule has 1 fully saturated rings. The number of piperidine rings is 1. The van der Waals surface area contributed by atoms with Crippen molar-refractivity contribution in [1.82, 2.24) is 5.32 Å². The highest BCUT2D eigenvalue weighted by atomic mass is 16.5. The fourth-order valence-corrected chi connectivity index (χ4v) is 2.08. The maximum Gasteiger partial charge on any atom is 0.303 e. The molecule has 14 heavy (non-hydrogen) atoms. The molecule has 2 atom stereocenters. The van der Waals surface area contributed by atoms with Crippen molar-refractivity contribution in [2.75, 3.05) is 26.8 Å². The minimum absolute atomic E-state index is 0.158. The SMILES string of the molecule is COCC(CC(=O)O)C1CCCNC1. The van der Waals surface area contributed by atoms with E-state index in [0.717, 1.165) is 25.9 Å². The van der Waals surface area contributed by atoms with Crippen molar-refractivity contribution >= 4 is 5.97 Å². The van der Waals surface area contributed by atoms with Crippen molar-refractivity contribution in [3.8, 4) is 0 Å². The molecule has 0 bridgehead atoms. The number of rotatable bonds is 5. The van der Waals surface area contributed by atoms with Crippen molar-refractivity contribution in [2.24, 2.45) is 11.8 Å². The molecule has 1 aliphatic rings. The highest BCUT2D eigenvalue weighted by molar-refractivity contribution is 5.67. The third kappa shape index (κ3) is 3.64. The van der Waals surface area contributed by atoms with Crippen LogP contribution in [0.5, 0.6) is 0 Å². The first-order valence-corrected chi connectivity index (χ1v) is 5.15. The molecule has 2 unspecified atom stereocenters. The van der Waals surface area contributed by atoms with Gasteiger partial charge in [0.1, 0.15) is 0 Å². The number of nitrogens with one attached hydrogen (secondary N) is 1. The summed E-state index contributed by atoms with van der Waals surface area (Å²) in [5.74, 6) is -0.109. The molecule has 0 aromatic rings. The summed E-state index contributed by atoms with van der Waals surface area (Å²) >= 11 is 0. The Labute approximate surface area is 84.6 Å². The maximum atomic E-state index is 10.7. The van der Waals surface area contributed by atoms with E-state index in [-0.39, 0.29) is 12.3 Å². The summed E-state index contributed by atoms with van der Waals surface area (Å²) in [5, 5.41) is 12.1. The van der Waals surface area contributed by atoms with Gasteiger partial charge in [0.25, 0.3) is 0 Å². The van der Waals surface area contributed by atoms with Gasteiger partial charge in [0.05, 0.1) is 6.42 Å². The lowest BCUT2D eigenvalue weighted by molar-refractivity contribution is -0.139. The molecule has 0 aliphatic carbocycles. The van der Waals surface area contributed by atoms with Crippen LogP contribution in [-0.4, -0.2) is 37.9 Å². The number of carbonyl (C=O) groups is 1. The van der Waals surface area contributed by atoms with E-state index < -0.39 is 5.97 Å². The van der Waals surface area contributed by atoms with Crippen molar-refractivity contribution in [3.63, 3.8) is 0 Å². The highest BCUT2D eigenvalue weighted by Gasteiger charge is 2.25. The van der Waals surface area contributed by atoms with Crippen LogP contribution in [0.2, 0.25) is 0 Å². The summed E-state index contributed by atoms with van der Waals surface area (Å²) in [4.78, 5) is 10.7. The summed E-state index contributed by atoms with van der Waals surface area (Å²) in [6.07, 6.45) is 2.49. The number of methoxy groups -OCH3 is 1. The van der Waals surface area contributed by atoms with Crippen molar-refractivity contribution < 1.29 is 14.6 Å². The predicted molar refractivity (Wildman–Crippen MR) is 53.2 cm³/mol. The second kappa shape index (κ2) is 5.98. The van der Waals surface area contributed by atoms with Gasteiger partial charge in [-0.3, -0.25) is 4.79 Å². The molecule has 4 nitrogen and oxygen atoms in total. The van der Waals surface area contributed by atoms with Gasteiger partial charge in [0, 0.05) is 13.7 Å². The lowest BCUT2D eigenvalue weighted by Crippen LogP contribution is -2.36. The Morgan fingerprint density at radius 1 is 1.71 bits per heavy atom. The summed E-state index contributed by atoms with van der Waals surface area (Å²) in [7, 11) is 1.63. The van der Waals surface area contributed by atoms with Crippen LogP contribution in [0.15, 0.2) is 0 Å². The van der Waals surface area contributed by atoms with E-state index >= 15 is 0 Å². The van der Waals surface area contributed by atoms with Gasteiger partial charge < -0.3 is 15.2 Å². The van der Waals surface area contributed by atoms with E-state index in [0.29, 0.717) is 12.5 Å². The number of carboxylic acids is 1. The first-order valence-electron chi connectivity index (χ1n) is 5.15. The summed E-state index contributed by atoms with van der Waals surface area (Å²) in [6, 6.07) is 0. The second-order valence-electron chi connectivity index (χ2n) is 3.92. The molecule has 0 radical (unpaired) electrons. The number of hydrogen-bond donors (Lipinski definition) is 2. The van der Waals surface area contributed by atoms with Crippen LogP contribution in [-0.2, 0) is 9.53 Å². The highest BCUT2D eigenvalue weighted by Crippen LogP contribution is 2.23. The Hall–Kier alpha value is -0.610. The Morgan fingerprint density at radius 3 is 3.00 bits per heavy atom. The van der Waals surface area contributed by atoms with Crippen LogP contribution in [0.3, 0.4) is 0 Å². The smallest absolute Gasteiger partial charge is 0.303 e. The molecule has 1 heterocycles. The Kier molecular flexibility index (Phi) is 4.90. The van der Waals surface area contributed by atoms with E-state index in [1.807, 2.05) is 0 Å². The first-order chi connectivity index (χ1) is 6.74. The second-order valence-corrected chi connectivity index (χ2v) is 3.92. The van der Waals surface area contributed by atoms with Gasteiger partial charge in [-0.1, -0.05) is 0 Å². The number of aliphatic carboxylic acids is 1. The molecule has 0 aromatic heterocycles. The third-order valence-electron chi connectivity index (χ3n) is 2.82. The summed E-state index contributed by atoms with van der Waals surface area (Å²) in [6.45, 7) is 2.54. The van der Waals surface area contributed by atoms with Crippen LogP contribution >= 0.6 is 0 Å². The average molecular weight is 201 g/mol. The van der Waals surface area contributed by atoms with Gasteiger partial charge in [-0.2, -0.15) is 0 Å². The van der Waals surface area contributed by atoms with E-state index in [1.54, 1.807) is 7.11 Å². The third-order valence-corrected chi connectivity index (χ3v) is 2.82. The zero-order chi connectivity index (χ0) is 10.4. The van der Waals surface area contributed by atoms with Crippen molar-refractivity contribution in [2.45, 2.75) is 19.3 Å². The molecule has 2 N–H and O–H groups in total. The van der Waals surface area contributed by atoms with Gasteiger partial charge in [0.15, 0.2) is 0 Å². The molecular weight excluding hydrogens is 182 g/mol. The van der Waals surface area contributed by atoms with Gasteiger partial charge in [-0.05, 0) is 37.8 Å². The molecule has 1 rings (SSSR count). The quantitative estimate of drug-likeness (QED) is 0.688. The Morgan fingerprint density at radius 2 is 2.50 bits per heavy atom. The zero-order valence-electron chi connectivity index (χ0n) is 8.66. The van der Waals surface area contributed by atoms with Crippen molar-refractivity contribution in [3.05, 3.63) is 0 Å². The predicted octanol–water partition coefficient (Wildman–Crippen LogP) is 0.723. The molecule has 0 saturated carbocycles. The molecule has 4 heteroatoms. The minimum Gasteiger partial charge on any atom is -0.481 e. The first kappa shape index (κ1) is 11.5. The minimum atomic E-state index is -0.724. The molecule has 1 aliphatic heterocycles. The fourth-order valence-electron chi connectivity index (χ4n) is 2.08. The number of carboxylic acid groups (broad SMARTS) is 1. The molecule has 0 spiro atoms. The molecule has 82 valence electrons. The number of hydrogen-bond acceptors (Lipinski definition) is 3. The van der Waals surface area contributed by atoms with Gasteiger partial charge in [-0.25, -0.2) is 0 Å². The lowest BCUT2D eigenvalue weighted by atomic mass is 9.84. The largest absolute Gasteiger partial charge is 0.481 e. The van der Waals surface area contributed by atoms with Gasteiger partial charge in [0.2, 0.25) is 0 Å². The maximum absolute atomic E-state index is 10.7. The topological polar surface area (TPSA) is 58.6 Å². The van der Waals surface area contributed by atoms with E-state index in [4.69, 9.17) is 9.84 Å².